The summed E-state index contributed by atoms with van der Waals surface area (Å²) in [6, 6.07) is 14.4. The van der Waals surface area contributed by atoms with Gasteiger partial charge in [0.25, 0.3) is 11.8 Å². The number of aldehydes is 1. The van der Waals surface area contributed by atoms with Crippen molar-refractivity contribution in [2.45, 2.75) is 27.3 Å². The Bertz CT molecular complexity index is 3060. The van der Waals surface area contributed by atoms with Crippen LogP contribution in [0, 0.1) is 20.8 Å². The third-order valence-corrected chi connectivity index (χ3v) is 9.21. The highest BCUT2D eigenvalue weighted by atomic mass is 16.4. The number of imidazole rings is 1. The highest BCUT2D eigenvalue weighted by molar-refractivity contribution is 5.99. The number of nitrogens with one attached hydrogen (secondary N) is 4. The number of carbonyl (C=O) groups is 3. The number of rotatable bonds is 9. The lowest BCUT2D eigenvalue weighted by atomic mass is 10.1. The molecule has 0 aliphatic rings. The van der Waals surface area contributed by atoms with Gasteiger partial charge in [0.15, 0.2) is 12.1 Å². The number of aromatic amines is 1. The van der Waals surface area contributed by atoms with Crippen molar-refractivity contribution in [2.24, 2.45) is 5.10 Å². The molecule has 0 radical (unpaired) electrons. The zero-order chi connectivity index (χ0) is 38.5. The second-order valence-corrected chi connectivity index (χ2v) is 12.7. The highest BCUT2D eigenvalue weighted by Crippen LogP contribution is 2.29. The van der Waals surface area contributed by atoms with Crippen molar-refractivity contribution in [3.63, 3.8) is 0 Å². The summed E-state index contributed by atoms with van der Waals surface area (Å²) in [6.45, 7) is 5.22. The molecule has 6 aromatic heterocycles. The molecule has 0 saturated heterocycles. The average Bonchev–Trinajstić information content (AvgIpc) is 3.89. The van der Waals surface area contributed by atoms with Gasteiger partial charge in [-0.05, 0) is 69.3 Å². The van der Waals surface area contributed by atoms with Crippen LogP contribution >= 0.6 is 0 Å². The molecule has 5 N–H and O–H groups in total. The Morgan fingerprint density at radius 3 is 2.33 bits per heavy atom. The summed E-state index contributed by atoms with van der Waals surface area (Å²) in [4.78, 5) is 74.5. The molecule has 274 valence electrons. The maximum absolute atomic E-state index is 13.1. The summed E-state index contributed by atoms with van der Waals surface area (Å²) < 4.78 is 14.6. The number of hydrogen-bond acceptors (Lipinski definition) is 12. The lowest BCUT2D eigenvalue weighted by molar-refractivity contribution is 0.0929. The molecule has 0 aliphatic heterocycles. The predicted molar refractivity (Wildman–Crippen MR) is 199 cm³/mol. The predicted octanol–water partition coefficient (Wildman–Crippen LogP) is 3.83. The summed E-state index contributed by atoms with van der Waals surface area (Å²) in [5, 5.41) is 15.0. The fraction of sp³-hybridized carbons (Fsp3) is 0.105. The van der Waals surface area contributed by atoms with Gasteiger partial charge in [0.05, 0.1) is 51.2 Å². The molecule has 0 saturated carbocycles. The monoisotopic (exact) mass is 739 g/mol. The van der Waals surface area contributed by atoms with E-state index >= 15 is 0 Å². The summed E-state index contributed by atoms with van der Waals surface area (Å²) in [7, 11) is 0. The fourth-order valence-electron chi connectivity index (χ4n) is 6.45. The van der Waals surface area contributed by atoms with E-state index in [1.165, 1.54) is 42.9 Å². The van der Waals surface area contributed by atoms with E-state index in [0.29, 0.717) is 51.1 Å². The first kappa shape index (κ1) is 34.4. The Morgan fingerprint density at radius 1 is 0.873 bits per heavy atom. The number of benzene rings is 2. The highest BCUT2D eigenvalue weighted by Gasteiger charge is 2.19. The van der Waals surface area contributed by atoms with E-state index in [0.717, 1.165) is 5.69 Å². The number of nitrogens with zero attached hydrogens (tertiary/aromatic N) is 5. The molecule has 17 heteroatoms. The maximum Gasteiger partial charge on any atom is 0.346 e. The zero-order valence-corrected chi connectivity index (χ0v) is 29.3. The van der Waals surface area contributed by atoms with Gasteiger partial charge in [-0.2, -0.15) is 5.10 Å². The molecule has 0 atom stereocenters. The van der Waals surface area contributed by atoms with Gasteiger partial charge in [-0.1, -0.05) is 0 Å². The van der Waals surface area contributed by atoms with Crippen LogP contribution in [-0.4, -0.2) is 53.2 Å². The normalized spacial score (nSPS) is 11.7. The molecule has 0 unspecified atom stereocenters. The van der Waals surface area contributed by atoms with E-state index < -0.39 is 23.1 Å². The standard InChI is InChI=1S/C38H29N9O8/c1-18-4-9-32-46(18)29-11-21(5-7-24(29)37(52)54-32)35(51)45-42-16-31-40-15-28(43-31)26-10-19(2)47-30-12-22(6-8-25(30)38(53)55-36(26)47)34(50)44-41-14-27-23(17-48)13-39-20(3)33(27)49/h4-13,15-17,41,49H,14H2,1-3H3,(H,40,43)(H,44,50)(H,45,51). The largest absolute Gasteiger partial charge is 0.506 e. The van der Waals surface area contributed by atoms with Crippen molar-refractivity contribution in [1.82, 2.24) is 40.0 Å². The van der Waals surface area contributed by atoms with Gasteiger partial charge in [0, 0.05) is 52.4 Å². The minimum Gasteiger partial charge on any atom is -0.506 e. The van der Waals surface area contributed by atoms with Gasteiger partial charge >= 0.3 is 11.3 Å². The van der Waals surface area contributed by atoms with Crippen molar-refractivity contribution in [1.29, 1.82) is 0 Å². The van der Waals surface area contributed by atoms with Crippen LogP contribution in [0.5, 0.6) is 5.75 Å². The molecule has 0 aliphatic carbocycles. The Balaban J connectivity index is 1.01. The quantitative estimate of drug-likeness (QED) is 0.0811. The van der Waals surface area contributed by atoms with Crippen LogP contribution in [0.4, 0.5) is 0 Å². The van der Waals surface area contributed by atoms with Crippen molar-refractivity contribution in [2.75, 3.05) is 0 Å². The van der Waals surface area contributed by atoms with Crippen molar-refractivity contribution in [3.8, 4) is 17.0 Å². The topological polar surface area (TPSA) is 231 Å². The number of carbonyl (C=O) groups excluding carboxylic acids is 3. The third-order valence-electron chi connectivity index (χ3n) is 9.21. The minimum atomic E-state index is -0.622. The molecular formula is C38H29N9O8. The molecule has 0 bridgehead atoms. The molecule has 2 aromatic carbocycles. The fourth-order valence-corrected chi connectivity index (χ4v) is 6.45. The average molecular weight is 740 g/mol. The van der Waals surface area contributed by atoms with Crippen LogP contribution in [0.15, 0.2) is 90.5 Å². The van der Waals surface area contributed by atoms with Crippen LogP contribution < -0.4 is 27.5 Å². The van der Waals surface area contributed by atoms with E-state index in [1.807, 2.05) is 19.9 Å². The molecule has 55 heavy (non-hydrogen) atoms. The first-order valence-corrected chi connectivity index (χ1v) is 16.7. The Morgan fingerprint density at radius 2 is 1.58 bits per heavy atom. The number of H-pyrrole nitrogens is 1. The number of aromatic hydroxyl groups is 1. The maximum atomic E-state index is 13.1. The Hall–Kier alpha value is -7.66. The van der Waals surface area contributed by atoms with Gasteiger partial charge < -0.3 is 18.9 Å². The van der Waals surface area contributed by atoms with Crippen LogP contribution in [0.25, 0.3) is 44.5 Å². The number of hydrogen-bond donors (Lipinski definition) is 5. The summed E-state index contributed by atoms with van der Waals surface area (Å²) in [5.74, 6) is -0.911. The molecule has 17 nitrogen and oxygen atoms in total. The van der Waals surface area contributed by atoms with Gasteiger partial charge in [0.2, 0.25) is 11.4 Å². The van der Waals surface area contributed by atoms with E-state index in [1.54, 1.807) is 40.0 Å². The van der Waals surface area contributed by atoms with Crippen molar-refractivity contribution < 1.29 is 28.3 Å². The van der Waals surface area contributed by atoms with Crippen LogP contribution in [0.2, 0.25) is 0 Å². The van der Waals surface area contributed by atoms with Crippen LogP contribution in [0.3, 0.4) is 0 Å². The summed E-state index contributed by atoms with van der Waals surface area (Å²) in [5.41, 5.74) is 11.9. The number of hydrazine groups is 1. The van der Waals surface area contributed by atoms with Crippen LogP contribution in [0.1, 0.15) is 59.5 Å². The Labute approximate surface area is 307 Å². The number of pyridine rings is 1. The van der Waals surface area contributed by atoms with Gasteiger partial charge in [0.1, 0.15) is 5.75 Å². The van der Waals surface area contributed by atoms with Crippen molar-refractivity contribution >= 4 is 57.5 Å². The van der Waals surface area contributed by atoms with Gasteiger partial charge in [-0.15, -0.1) is 0 Å². The van der Waals surface area contributed by atoms with Gasteiger partial charge in [-0.25, -0.2) is 25.4 Å². The number of hydrazone groups is 1. The second-order valence-electron chi connectivity index (χ2n) is 12.7. The number of amides is 2. The summed E-state index contributed by atoms with van der Waals surface area (Å²) >= 11 is 0. The van der Waals surface area contributed by atoms with E-state index in [2.05, 4.69) is 36.3 Å². The molecule has 8 rings (SSSR count). The first-order chi connectivity index (χ1) is 26.5. The molecule has 0 spiro atoms. The lowest BCUT2D eigenvalue weighted by Crippen LogP contribution is -2.37. The van der Waals surface area contributed by atoms with E-state index in [-0.39, 0.29) is 51.5 Å². The van der Waals surface area contributed by atoms with Crippen LogP contribution in [-0.2, 0) is 6.54 Å². The first-order valence-electron chi connectivity index (χ1n) is 16.7. The minimum absolute atomic E-state index is 0.0525. The van der Waals surface area contributed by atoms with E-state index in [4.69, 9.17) is 8.83 Å². The third kappa shape index (κ3) is 5.99. The second kappa shape index (κ2) is 13.4. The molecule has 6 heterocycles. The van der Waals surface area contributed by atoms with E-state index in [9.17, 15) is 29.1 Å². The zero-order valence-electron chi connectivity index (χ0n) is 29.3. The SMILES string of the molecule is Cc1ncc(C=O)c(CNNC(=O)c2ccc3c(=O)oc4c(-c5cnc(C=NNC(=O)c6ccc7c(=O)oc8ccc(C)n8c7c6)[nH]5)cc(C)n4c3c2)c1O. The molecule has 0 fully saturated rings. The number of aromatic nitrogens is 5. The molecule has 8 aromatic rings. The van der Waals surface area contributed by atoms with Gasteiger partial charge in [-0.3, -0.25) is 33.6 Å². The number of fused-ring (bicyclic) bond motifs is 6. The Kier molecular flexibility index (Phi) is 8.38. The molecular weight excluding hydrogens is 710 g/mol. The van der Waals surface area contributed by atoms with Crippen molar-refractivity contribution in [3.05, 3.63) is 133 Å². The molecule has 2 amide bonds. The lowest BCUT2D eigenvalue weighted by Gasteiger charge is -2.12. The summed E-state index contributed by atoms with van der Waals surface area (Å²) in [6.07, 6.45) is 4.75. The number of aryl methyl sites for hydroxylation is 3. The smallest absolute Gasteiger partial charge is 0.346 e.